The van der Waals surface area contributed by atoms with Gasteiger partial charge >= 0.3 is 5.97 Å². The molecule has 0 aliphatic heterocycles. The third kappa shape index (κ3) is 2.68. The summed E-state index contributed by atoms with van der Waals surface area (Å²) in [4.78, 5) is 15.3. The van der Waals surface area contributed by atoms with Crippen molar-refractivity contribution in [1.29, 1.82) is 0 Å². The average Bonchev–Trinajstić information content (AvgIpc) is 2.67. The zero-order valence-electron chi connectivity index (χ0n) is 10.4. The van der Waals surface area contributed by atoms with Crippen molar-refractivity contribution >= 4 is 40.2 Å². The van der Waals surface area contributed by atoms with Crippen molar-refractivity contribution < 1.29 is 14.6 Å². The fraction of sp³-hybridized carbons (Fsp3) is 0.333. The number of rotatable bonds is 4. The Morgan fingerprint density at radius 3 is 2.68 bits per heavy atom. The van der Waals surface area contributed by atoms with Crippen molar-refractivity contribution in [3.8, 4) is 0 Å². The molecule has 2 rings (SSSR count). The van der Waals surface area contributed by atoms with Gasteiger partial charge in [-0.3, -0.25) is 4.79 Å². The molecule has 0 aliphatic carbocycles. The molecule has 102 valence electrons. The van der Waals surface area contributed by atoms with Crippen molar-refractivity contribution in [2.75, 3.05) is 7.11 Å². The molecule has 0 spiro atoms. The molecule has 7 heteroatoms. The maximum atomic E-state index is 11.0. The van der Waals surface area contributed by atoms with E-state index in [1.165, 1.54) is 7.11 Å². The first-order chi connectivity index (χ1) is 8.93. The lowest BCUT2D eigenvalue weighted by atomic mass is 10.3. The molecule has 1 N–H and O–H groups in total. The van der Waals surface area contributed by atoms with E-state index in [0.717, 1.165) is 0 Å². The number of halogens is 2. The van der Waals surface area contributed by atoms with Gasteiger partial charge in [-0.1, -0.05) is 23.2 Å². The lowest BCUT2D eigenvalue weighted by Gasteiger charge is -2.11. The SMILES string of the molecule is COC(C)c1nc2cc(Cl)c(Cl)cc2n1CC(=O)O. The van der Waals surface area contributed by atoms with Crippen LogP contribution in [-0.2, 0) is 16.1 Å². The lowest BCUT2D eigenvalue weighted by Crippen LogP contribution is -2.14. The number of imidazole rings is 1. The molecular weight excluding hydrogens is 291 g/mol. The molecule has 1 aromatic carbocycles. The first-order valence-corrected chi connectivity index (χ1v) is 6.29. The van der Waals surface area contributed by atoms with E-state index in [1.54, 1.807) is 23.6 Å². The highest BCUT2D eigenvalue weighted by atomic mass is 35.5. The van der Waals surface area contributed by atoms with Crippen molar-refractivity contribution in [3.05, 3.63) is 28.0 Å². The van der Waals surface area contributed by atoms with Crippen LogP contribution in [0.4, 0.5) is 0 Å². The molecule has 5 nitrogen and oxygen atoms in total. The van der Waals surface area contributed by atoms with Gasteiger partial charge < -0.3 is 14.4 Å². The van der Waals surface area contributed by atoms with Gasteiger partial charge in [-0.25, -0.2) is 4.98 Å². The third-order valence-corrected chi connectivity index (χ3v) is 3.55. The summed E-state index contributed by atoms with van der Waals surface area (Å²) >= 11 is 11.9. The summed E-state index contributed by atoms with van der Waals surface area (Å²) in [6, 6.07) is 3.23. The van der Waals surface area contributed by atoms with E-state index in [0.29, 0.717) is 26.9 Å². The van der Waals surface area contributed by atoms with E-state index in [1.807, 2.05) is 0 Å². The zero-order chi connectivity index (χ0) is 14.2. The van der Waals surface area contributed by atoms with Crippen LogP contribution in [0.2, 0.25) is 10.0 Å². The van der Waals surface area contributed by atoms with Crippen LogP contribution in [0.15, 0.2) is 12.1 Å². The maximum Gasteiger partial charge on any atom is 0.323 e. The van der Waals surface area contributed by atoms with Gasteiger partial charge in [0.05, 0.1) is 21.1 Å². The normalized spacial score (nSPS) is 12.8. The first-order valence-electron chi connectivity index (χ1n) is 5.53. The molecule has 0 saturated carbocycles. The number of benzene rings is 1. The highest BCUT2D eigenvalue weighted by molar-refractivity contribution is 6.42. The summed E-state index contributed by atoms with van der Waals surface area (Å²) in [5, 5.41) is 9.74. The molecule has 19 heavy (non-hydrogen) atoms. The predicted octanol–water partition coefficient (Wildman–Crippen LogP) is 3.14. The predicted molar refractivity (Wildman–Crippen MR) is 72.8 cm³/mol. The monoisotopic (exact) mass is 302 g/mol. The van der Waals surface area contributed by atoms with Gasteiger partial charge in [0.25, 0.3) is 0 Å². The number of nitrogens with zero attached hydrogens (tertiary/aromatic N) is 2. The first kappa shape index (κ1) is 14.1. The van der Waals surface area contributed by atoms with Crippen LogP contribution in [-0.4, -0.2) is 27.7 Å². The number of carboxylic acids is 1. The number of fused-ring (bicyclic) bond motifs is 1. The number of aliphatic carboxylic acids is 1. The Morgan fingerprint density at radius 1 is 1.47 bits per heavy atom. The van der Waals surface area contributed by atoms with Crippen molar-refractivity contribution in [3.63, 3.8) is 0 Å². The number of carbonyl (C=O) groups is 1. The third-order valence-electron chi connectivity index (χ3n) is 2.83. The van der Waals surface area contributed by atoms with Crippen molar-refractivity contribution in [2.45, 2.75) is 19.6 Å². The highest BCUT2D eigenvalue weighted by Gasteiger charge is 2.19. The van der Waals surface area contributed by atoms with Crippen LogP contribution in [0.1, 0.15) is 18.9 Å². The minimum atomic E-state index is -0.963. The van der Waals surface area contributed by atoms with Gasteiger partial charge in [-0.05, 0) is 19.1 Å². The van der Waals surface area contributed by atoms with E-state index < -0.39 is 5.97 Å². The second-order valence-electron chi connectivity index (χ2n) is 4.08. The molecule has 1 unspecified atom stereocenters. The van der Waals surface area contributed by atoms with Crippen LogP contribution >= 0.6 is 23.2 Å². The average molecular weight is 303 g/mol. The summed E-state index contributed by atoms with van der Waals surface area (Å²) in [6.07, 6.45) is -0.329. The maximum absolute atomic E-state index is 11.0. The minimum absolute atomic E-state index is 0.211. The second kappa shape index (κ2) is 5.36. The number of hydrogen-bond donors (Lipinski definition) is 1. The Bertz CT molecular complexity index is 639. The Kier molecular flexibility index (Phi) is 3.99. The van der Waals surface area contributed by atoms with Crippen molar-refractivity contribution in [1.82, 2.24) is 9.55 Å². The molecule has 0 fully saturated rings. The Morgan fingerprint density at radius 2 is 2.11 bits per heavy atom. The largest absolute Gasteiger partial charge is 0.480 e. The van der Waals surface area contributed by atoms with Gasteiger partial charge in [-0.2, -0.15) is 0 Å². The van der Waals surface area contributed by atoms with Crippen LogP contribution in [0, 0.1) is 0 Å². The van der Waals surface area contributed by atoms with E-state index in [2.05, 4.69) is 4.98 Å². The van der Waals surface area contributed by atoms with E-state index in [9.17, 15) is 4.79 Å². The molecular formula is C12H12Cl2N2O3. The lowest BCUT2D eigenvalue weighted by molar-refractivity contribution is -0.137. The fourth-order valence-corrected chi connectivity index (χ4v) is 2.17. The topological polar surface area (TPSA) is 64.4 Å². The number of hydrogen-bond acceptors (Lipinski definition) is 3. The second-order valence-corrected chi connectivity index (χ2v) is 4.90. The number of aromatic nitrogens is 2. The molecule has 0 aliphatic rings. The van der Waals surface area contributed by atoms with Gasteiger partial charge in [0.1, 0.15) is 18.5 Å². The standard InChI is InChI=1S/C12H12Cl2N2O3/c1-6(19-2)12-15-9-3-7(13)8(14)4-10(9)16(12)5-11(17)18/h3-4,6H,5H2,1-2H3,(H,17,18). The zero-order valence-corrected chi connectivity index (χ0v) is 11.9. The van der Waals surface area contributed by atoms with E-state index in [4.69, 9.17) is 33.0 Å². The quantitative estimate of drug-likeness (QED) is 0.942. The molecule has 0 saturated heterocycles. The van der Waals surface area contributed by atoms with Gasteiger partial charge in [0.15, 0.2) is 0 Å². The van der Waals surface area contributed by atoms with E-state index in [-0.39, 0.29) is 12.6 Å². The molecule has 2 aromatic rings. The summed E-state index contributed by atoms with van der Waals surface area (Å²) in [5.41, 5.74) is 1.21. The molecule has 0 radical (unpaired) electrons. The number of ether oxygens (including phenoxy) is 1. The van der Waals surface area contributed by atoms with Crippen LogP contribution in [0.3, 0.4) is 0 Å². The van der Waals surface area contributed by atoms with E-state index >= 15 is 0 Å². The van der Waals surface area contributed by atoms with Gasteiger partial charge in [0, 0.05) is 7.11 Å². The van der Waals surface area contributed by atoms with Crippen LogP contribution < -0.4 is 0 Å². The molecule has 0 bridgehead atoms. The molecule has 1 aromatic heterocycles. The van der Waals surface area contributed by atoms with Crippen LogP contribution in [0.25, 0.3) is 11.0 Å². The Balaban J connectivity index is 2.69. The minimum Gasteiger partial charge on any atom is -0.480 e. The molecule has 1 atom stereocenters. The highest BCUT2D eigenvalue weighted by Crippen LogP contribution is 2.30. The summed E-state index contributed by atoms with van der Waals surface area (Å²) < 4.78 is 6.77. The smallest absolute Gasteiger partial charge is 0.323 e. The number of carboxylic acid groups (broad SMARTS) is 1. The van der Waals surface area contributed by atoms with Gasteiger partial charge in [0.2, 0.25) is 0 Å². The van der Waals surface area contributed by atoms with Crippen LogP contribution in [0.5, 0.6) is 0 Å². The molecule has 0 amide bonds. The van der Waals surface area contributed by atoms with Crippen molar-refractivity contribution in [2.24, 2.45) is 0 Å². The molecule has 1 heterocycles. The Hall–Kier alpha value is -1.30. The number of methoxy groups -OCH3 is 1. The fourth-order valence-electron chi connectivity index (χ4n) is 1.86. The summed E-state index contributed by atoms with van der Waals surface area (Å²) in [5.74, 6) is -0.437. The summed E-state index contributed by atoms with van der Waals surface area (Å²) in [7, 11) is 1.54. The van der Waals surface area contributed by atoms with Gasteiger partial charge in [-0.15, -0.1) is 0 Å². The Labute approximate surface area is 119 Å². The summed E-state index contributed by atoms with van der Waals surface area (Å²) in [6.45, 7) is 1.58.